The average molecular weight is 441 g/mol. The molecule has 0 aliphatic carbocycles. The highest BCUT2D eigenvalue weighted by Gasteiger charge is 2.20. The maximum atomic E-state index is 4.48. The van der Waals surface area contributed by atoms with Gasteiger partial charge in [0.2, 0.25) is 0 Å². The van der Waals surface area contributed by atoms with E-state index in [1.165, 1.54) is 18.5 Å². The number of H-pyrrole nitrogens is 2. The summed E-state index contributed by atoms with van der Waals surface area (Å²) in [6.45, 7) is 2.18. The monoisotopic (exact) mass is 440 g/mol. The Morgan fingerprint density at radius 1 is 0.929 bits per heavy atom. The van der Waals surface area contributed by atoms with Gasteiger partial charge in [0.05, 0.1) is 11.7 Å². The summed E-state index contributed by atoms with van der Waals surface area (Å²) in [5, 5.41) is 3.47. The summed E-state index contributed by atoms with van der Waals surface area (Å²) in [6.07, 6.45) is 13.4. The van der Waals surface area contributed by atoms with Gasteiger partial charge < -0.3 is 15.3 Å². The van der Waals surface area contributed by atoms with Crippen LogP contribution < -0.4 is 5.32 Å². The zero-order chi connectivity index (χ0) is 18.1. The molecule has 1 fully saturated rings. The summed E-state index contributed by atoms with van der Waals surface area (Å²) in [6, 6.07) is 3.96. The van der Waals surface area contributed by atoms with Gasteiger partial charge in [-0.3, -0.25) is 9.38 Å². The number of imidazole rings is 1. The van der Waals surface area contributed by atoms with E-state index < -0.39 is 0 Å². The van der Waals surface area contributed by atoms with E-state index in [0.29, 0.717) is 5.92 Å². The Morgan fingerprint density at radius 2 is 1.79 bits per heavy atom. The van der Waals surface area contributed by atoms with E-state index in [9.17, 15) is 0 Å². The van der Waals surface area contributed by atoms with Crippen LogP contribution in [0.2, 0.25) is 0 Å². The molecule has 0 amide bonds. The number of piperidine rings is 1. The SMILES string of the molecule is Br.c1cc2c(ncc3ncc([C@@H]4CCCNC4)n32)[nH]1.c1cnc2[nH]ccc2n1. The number of aromatic nitrogens is 7. The Morgan fingerprint density at radius 3 is 2.64 bits per heavy atom. The minimum atomic E-state index is 0. The summed E-state index contributed by atoms with van der Waals surface area (Å²) in [5.41, 5.74) is 6.03. The van der Waals surface area contributed by atoms with Crippen LogP contribution in [0, 0.1) is 0 Å². The van der Waals surface area contributed by atoms with Crippen molar-refractivity contribution in [2.24, 2.45) is 0 Å². The Kier molecular flexibility index (Phi) is 5.36. The zero-order valence-electron chi connectivity index (χ0n) is 15.2. The molecule has 0 aromatic carbocycles. The molecular formula is C19H21BrN8. The highest BCUT2D eigenvalue weighted by atomic mass is 79.9. The summed E-state index contributed by atoms with van der Waals surface area (Å²) in [7, 11) is 0. The standard InChI is InChI=1S/C13H15N5.C6H5N3.BrH/c1-2-9(6-14-4-1)11-7-16-12-8-17-13-10(18(11)12)3-5-15-13;1-2-8-6-5(1)7-3-4-9-6;/h3,5,7-9,14-15H,1-2,4,6H2;1-4H,(H,8,9);1H/t9-;;/m1../s1. The van der Waals surface area contributed by atoms with Gasteiger partial charge in [-0.25, -0.2) is 15.0 Å². The molecule has 1 aliphatic rings. The Labute approximate surface area is 171 Å². The smallest absolute Gasteiger partial charge is 0.156 e. The first-order valence-electron chi connectivity index (χ1n) is 9.14. The van der Waals surface area contributed by atoms with E-state index in [1.807, 2.05) is 30.9 Å². The minimum Gasteiger partial charge on any atom is -0.345 e. The number of aromatic amines is 2. The van der Waals surface area contributed by atoms with Crippen molar-refractivity contribution in [1.29, 1.82) is 0 Å². The zero-order valence-corrected chi connectivity index (χ0v) is 16.9. The second-order valence-electron chi connectivity index (χ2n) is 6.66. The minimum absolute atomic E-state index is 0. The lowest BCUT2D eigenvalue weighted by molar-refractivity contribution is 0.454. The molecule has 1 saturated heterocycles. The van der Waals surface area contributed by atoms with Crippen molar-refractivity contribution in [3.63, 3.8) is 0 Å². The van der Waals surface area contributed by atoms with Crippen LogP contribution in [0.25, 0.3) is 28.0 Å². The van der Waals surface area contributed by atoms with Crippen LogP contribution in [0.1, 0.15) is 24.5 Å². The first kappa shape index (κ1) is 18.6. The molecule has 0 saturated carbocycles. The number of rotatable bonds is 1. The second-order valence-corrected chi connectivity index (χ2v) is 6.66. The molecule has 0 spiro atoms. The molecular weight excluding hydrogens is 420 g/mol. The lowest BCUT2D eigenvalue weighted by atomic mass is 9.96. The topological polar surface area (TPSA) is 99.6 Å². The molecule has 0 radical (unpaired) electrons. The van der Waals surface area contributed by atoms with Crippen LogP contribution in [-0.4, -0.2) is 47.4 Å². The third-order valence-electron chi connectivity index (χ3n) is 4.97. The second kappa shape index (κ2) is 8.07. The fraction of sp³-hybridized carbons (Fsp3) is 0.263. The maximum Gasteiger partial charge on any atom is 0.156 e. The number of halogens is 1. The van der Waals surface area contributed by atoms with E-state index in [2.05, 4.69) is 45.7 Å². The molecule has 0 unspecified atom stereocenters. The van der Waals surface area contributed by atoms with Crippen LogP contribution in [0.4, 0.5) is 0 Å². The lowest BCUT2D eigenvalue weighted by Gasteiger charge is -2.22. The van der Waals surface area contributed by atoms with Crippen LogP contribution in [0.3, 0.4) is 0 Å². The molecule has 5 aromatic rings. The third kappa shape index (κ3) is 3.38. The van der Waals surface area contributed by atoms with E-state index in [-0.39, 0.29) is 17.0 Å². The number of nitrogens with one attached hydrogen (secondary N) is 3. The molecule has 8 nitrogen and oxygen atoms in total. The van der Waals surface area contributed by atoms with Crippen LogP contribution in [-0.2, 0) is 0 Å². The molecule has 6 rings (SSSR count). The van der Waals surface area contributed by atoms with Crippen molar-refractivity contribution < 1.29 is 0 Å². The van der Waals surface area contributed by atoms with Crippen molar-refractivity contribution in [3.8, 4) is 0 Å². The van der Waals surface area contributed by atoms with Gasteiger partial charge in [-0.15, -0.1) is 17.0 Å². The first-order valence-corrected chi connectivity index (χ1v) is 9.14. The summed E-state index contributed by atoms with van der Waals surface area (Å²) < 4.78 is 2.23. The predicted octanol–water partition coefficient (Wildman–Crippen LogP) is 3.21. The molecule has 1 atom stereocenters. The van der Waals surface area contributed by atoms with Gasteiger partial charge in [0.1, 0.15) is 5.52 Å². The molecule has 9 heteroatoms. The molecule has 144 valence electrons. The third-order valence-corrected chi connectivity index (χ3v) is 4.97. The molecule has 6 heterocycles. The largest absolute Gasteiger partial charge is 0.345 e. The van der Waals surface area contributed by atoms with Crippen molar-refractivity contribution in [2.45, 2.75) is 18.8 Å². The fourth-order valence-corrected chi connectivity index (χ4v) is 3.67. The highest BCUT2D eigenvalue weighted by molar-refractivity contribution is 8.93. The Bertz CT molecular complexity index is 1150. The van der Waals surface area contributed by atoms with Gasteiger partial charge in [0, 0.05) is 49.1 Å². The molecule has 0 bridgehead atoms. The summed E-state index contributed by atoms with van der Waals surface area (Å²) in [4.78, 5) is 23.0. The van der Waals surface area contributed by atoms with Crippen molar-refractivity contribution in [2.75, 3.05) is 13.1 Å². The molecule has 5 aromatic heterocycles. The van der Waals surface area contributed by atoms with Gasteiger partial charge in [-0.2, -0.15) is 0 Å². The van der Waals surface area contributed by atoms with Crippen molar-refractivity contribution in [1.82, 2.24) is 39.6 Å². The Balaban J connectivity index is 0.000000163. The number of nitrogens with zero attached hydrogens (tertiary/aromatic N) is 5. The summed E-state index contributed by atoms with van der Waals surface area (Å²) in [5.74, 6) is 0.550. The highest BCUT2D eigenvalue weighted by Crippen LogP contribution is 2.26. The first-order chi connectivity index (χ1) is 13.4. The normalized spacial score (nSPS) is 16.6. The molecule has 28 heavy (non-hydrogen) atoms. The number of hydrogen-bond donors (Lipinski definition) is 3. The van der Waals surface area contributed by atoms with Gasteiger partial charge in [-0.05, 0) is 31.5 Å². The number of hydrogen-bond acceptors (Lipinski definition) is 5. The average Bonchev–Trinajstić information content (AvgIpc) is 3.46. The van der Waals surface area contributed by atoms with Crippen molar-refractivity contribution >= 4 is 45.0 Å². The van der Waals surface area contributed by atoms with E-state index >= 15 is 0 Å². The van der Waals surface area contributed by atoms with Crippen molar-refractivity contribution in [3.05, 3.63) is 55.0 Å². The Hall–Kier alpha value is -2.78. The van der Waals surface area contributed by atoms with E-state index in [1.54, 1.807) is 12.4 Å². The van der Waals surface area contributed by atoms with Gasteiger partial charge in [-0.1, -0.05) is 0 Å². The van der Waals surface area contributed by atoms with Crippen LogP contribution >= 0.6 is 17.0 Å². The fourth-order valence-electron chi connectivity index (χ4n) is 3.67. The van der Waals surface area contributed by atoms with Gasteiger partial charge in [0.25, 0.3) is 0 Å². The van der Waals surface area contributed by atoms with Crippen LogP contribution in [0.15, 0.2) is 49.3 Å². The summed E-state index contributed by atoms with van der Waals surface area (Å²) >= 11 is 0. The van der Waals surface area contributed by atoms with Crippen LogP contribution in [0.5, 0.6) is 0 Å². The van der Waals surface area contributed by atoms with E-state index in [0.717, 1.165) is 41.1 Å². The molecule has 1 aliphatic heterocycles. The number of fused-ring (bicyclic) bond motifs is 4. The van der Waals surface area contributed by atoms with Gasteiger partial charge in [0.15, 0.2) is 16.9 Å². The molecule has 3 N–H and O–H groups in total. The lowest BCUT2D eigenvalue weighted by Crippen LogP contribution is -2.29. The maximum absolute atomic E-state index is 4.48. The quantitative estimate of drug-likeness (QED) is 0.371. The predicted molar refractivity (Wildman–Crippen MR) is 114 cm³/mol. The van der Waals surface area contributed by atoms with Gasteiger partial charge >= 0.3 is 0 Å². The van der Waals surface area contributed by atoms with E-state index in [4.69, 9.17) is 0 Å².